The normalized spacial score (nSPS) is 16.8. The highest BCUT2D eigenvalue weighted by Gasteiger charge is 2.23. The minimum atomic E-state index is -0.124. The van der Waals surface area contributed by atoms with Crippen LogP contribution in [-0.4, -0.2) is 15.7 Å². The second-order valence-electron chi connectivity index (χ2n) is 4.85. The zero-order chi connectivity index (χ0) is 14.1. The summed E-state index contributed by atoms with van der Waals surface area (Å²) in [7, 11) is 0. The molecular weight excluding hydrogens is 276 g/mol. The summed E-state index contributed by atoms with van der Waals surface area (Å²) >= 11 is 5.83. The summed E-state index contributed by atoms with van der Waals surface area (Å²) in [6.45, 7) is 2.46. The van der Waals surface area contributed by atoms with E-state index in [-0.39, 0.29) is 16.8 Å². The minimum Gasteiger partial charge on any atom is -0.488 e. The van der Waals surface area contributed by atoms with Crippen LogP contribution in [0.1, 0.15) is 18.3 Å². The Morgan fingerprint density at radius 1 is 1.45 bits per heavy atom. The summed E-state index contributed by atoms with van der Waals surface area (Å²) < 4.78 is 7.53. The van der Waals surface area contributed by atoms with E-state index in [2.05, 4.69) is 11.1 Å². The van der Waals surface area contributed by atoms with E-state index in [1.807, 2.05) is 25.1 Å². The van der Waals surface area contributed by atoms with Crippen molar-refractivity contribution in [1.82, 2.24) is 9.55 Å². The Labute approximate surface area is 122 Å². The molecule has 1 aliphatic rings. The Balaban J connectivity index is 1.85. The summed E-state index contributed by atoms with van der Waals surface area (Å²) in [5.41, 5.74) is 1.06. The number of nitrogens with zero attached hydrogens (tertiary/aromatic N) is 2. The Bertz CT molecular complexity index is 672. The van der Waals surface area contributed by atoms with Crippen LogP contribution < -0.4 is 10.3 Å². The molecule has 2 aromatic rings. The smallest absolute Gasteiger partial charge is 0.255 e. The number of hydrogen-bond acceptors (Lipinski definition) is 3. The number of aryl methyl sites for hydroxylation is 1. The molecular formula is C15H15ClN2O2. The van der Waals surface area contributed by atoms with Gasteiger partial charge in [-0.25, -0.2) is 4.98 Å². The minimum absolute atomic E-state index is 0.0293. The van der Waals surface area contributed by atoms with Crippen molar-refractivity contribution in [2.75, 3.05) is 0 Å². The SMILES string of the molecule is CCc1nc(Cl)cc(=O)n1CC1Cc2ccccc2O1. The first-order valence-corrected chi connectivity index (χ1v) is 7.06. The van der Waals surface area contributed by atoms with Crippen molar-refractivity contribution in [3.05, 3.63) is 57.2 Å². The fourth-order valence-corrected chi connectivity index (χ4v) is 2.74. The van der Waals surface area contributed by atoms with Gasteiger partial charge in [0, 0.05) is 18.9 Å². The number of para-hydroxylation sites is 1. The molecule has 4 nitrogen and oxygen atoms in total. The molecule has 3 rings (SSSR count). The van der Waals surface area contributed by atoms with Gasteiger partial charge in [-0.05, 0) is 11.6 Å². The molecule has 0 amide bonds. The summed E-state index contributed by atoms with van der Waals surface area (Å²) in [6.07, 6.45) is 1.45. The molecule has 2 heterocycles. The quantitative estimate of drug-likeness (QED) is 0.816. The predicted octanol–water partition coefficient (Wildman–Crippen LogP) is 2.46. The van der Waals surface area contributed by atoms with Gasteiger partial charge in [0.1, 0.15) is 22.8 Å². The second kappa shape index (κ2) is 5.29. The van der Waals surface area contributed by atoms with E-state index in [9.17, 15) is 4.79 Å². The molecule has 5 heteroatoms. The maximum atomic E-state index is 12.1. The molecule has 0 spiro atoms. The number of fused-ring (bicyclic) bond motifs is 1. The molecule has 20 heavy (non-hydrogen) atoms. The van der Waals surface area contributed by atoms with Crippen LogP contribution in [0.4, 0.5) is 0 Å². The molecule has 1 aromatic heterocycles. The molecule has 0 saturated heterocycles. The van der Waals surface area contributed by atoms with Crippen molar-refractivity contribution >= 4 is 11.6 Å². The van der Waals surface area contributed by atoms with Crippen molar-refractivity contribution in [3.8, 4) is 5.75 Å². The molecule has 104 valence electrons. The van der Waals surface area contributed by atoms with E-state index in [1.165, 1.54) is 11.6 Å². The summed E-state index contributed by atoms with van der Waals surface area (Å²) in [4.78, 5) is 16.3. The van der Waals surface area contributed by atoms with Crippen LogP contribution in [0.15, 0.2) is 35.1 Å². The van der Waals surface area contributed by atoms with E-state index in [0.717, 1.165) is 12.2 Å². The van der Waals surface area contributed by atoms with Gasteiger partial charge >= 0.3 is 0 Å². The molecule has 1 aromatic carbocycles. The first kappa shape index (κ1) is 13.2. The predicted molar refractivity (Wildman–Crippen MR) is 77.4 cm³/mol. The first-order valence-electron chi connectivity index (χ1n) is 6.68. The van der Waals surface area contributed by atoms with Gasteiger partial charge < -0.3 is 4.74 Å². The lowest BCUT2D eigenvalue weighted by Crippen LogP contribution is -2.31. The van der Waals surface area contributed by atoms with E-state index in [4.69, 9.17) is 16.3 Å². The lowest BCUT2D eigenvalue weighted by molar-refractivity contribution is 0.205. The van der Waals surface area contributed by atoms with Gasteiger partial charge in [-0.1, -0.05) is 36.7 Å². The maximum Gasteiger partial charge on any atom is 0.255 e. The number of ether oxygens (including phenoxy) is 1. The van der Waals surface area contributed by atoms with Gasteiger partial charge in [0.25, 0.3) is 5.56 Å². The third-order valence-corrected chi connectivity index (χ3v) is 3.67. The molecule has 1 unspecified atom stereocenters. The summed E-state index contributed by atoms with van der Waals surface area (Å²) in [6, 6.07) is 9.31. The third kappa shape index (κ3) is 2.43. The van der Waals surface area contributed by atoms with Crippen LogP contribution in [-0.2, 0) is 19.4 Å². The highest BCUT2D eigenvalue weighted by atomic mass is 35.5. The van der Waals surface area contributed by atoms with Gasteiger partial charge in [-0.2, -0.15) is 0 Å². The zero-order valence-electron chi connectivity index (χ0n) is 11.2. The van der Waals surface area contributed by atoms with Crippen molar-refractivity contribution < 1.29 is 4.74 Å². The number of rotatable bonds is 3. The average Bonchev–Trinajstić information content (AvgIpc) is 2.83. The fraction of sp³-hybridized carbons (Fsp3) is 0.333. The summed E-state index contributed by atoms with van der Waals surface area (Å²) in [5, 5.41) is 0.249. The average molecular weight is 291 g/mol. The number of halogens is 1. The molecule has 1 atom stereocenters. The van der Waals surface area contributed by atoms with Crippen molar-refractivity contribution in [2.24, 2.45) is 0 Å². The van der Waals surface area contributed by atoms with E-state index >= 15 is 0 Å². The maximum absolute atomic E-state index is 12.1. The van der Waals surface area contributed by atoms with Crippen LogP contribution in [0, 0.1) is 0 Å². The van der Waals surface area contributed by atoms with E-state index in [0.29, 0.717) is 18.8 Å². The highest BCUT2D eigenvalue weighted by Crippen LogP contribution is 2.28. The number of aromatic nitrogens is 2. The fourth-order valence-electron chi connectivity index (χ4n) is 2.55. The molecule has 0 N–H and O–H groups in total. The van der Waals surface area contributed by atoms with E-state index < -0.39 is 0 Å². The Kier molecular flexibility index (Phi) is 3.49. The molecule has 0 radical (unpaired) electrons. The van der Waals surface area contributed by atoms with Crippen LogP contribution in [0.25, 0.3) is 0 Å². The van der Waals surface area contributed by atoms with E-state index in [1.54, 1.807) is 4.57 Å². The topological polar surface area (TPSA) is 44.1 Å². The Morgan fingerprint density at radius 3 is 3.00 bits per heavy atom. The van der Waals surface area contributed by atoms with Crippen LogP contribution in [0.5, 0.6) is 5.75 Å². The largest absolute Gasteiger partial charge is 0.488 e. The van der Waals surface area contributed by atoms with Gasteiger partial charge in [0.15, 0.2) is 0 Å². The van der Waals surface area contributed by atoms with Gasteiger partial charge in [0.2, 0.25) is 0 Å². The molecule has 0 aliphatic carbocycles. The molecule has 1 aliphatic heterocycles. The van der Waals surface area contributed by atoms with Crippen molar-refractivity contribution in [1.29, 1.82) is 0 Å². The van der Waals surface area contributed by atoms with Gasteiger partial charge in [0.05, 0.1) is 6.54 Å². The lowest BCUT2D eigenvalue weighted by atomic mass is 10.1. The van der Waals surface area contributed by atoms with Crippen molar-refractivity contribution in [3.63, 3.8) is 0 Å². The van der Waals surface area contributed by atoms with Crippen LogP contribution in [0.2, 0.25) is 5.15 Å². The molecule has 0 saturated carbocycles. The van der Waals surface area contributed by atoms with Gasteiger partial charge in [-0.15, -0.1) is 0 Å². The van der Waals surface area contributed by atoms with Crippen LogP contribution >= 0.6 is 11.6 Å². The monoisotopic (exact) mass is 290 g/mol. The van der Waals surface area contributed by atoms with Crippen molar-refractivity contribution in [2.45, 2.75) is 32.4 Å². The third-order valence-electron chi connectivity index (χ3n) is 3.47. The molecule has 0 bridgehead atoms. The zero-order valence-corrected chi connectivity index (χ0v) is 11.9. The first-order chi connectivity index (χ1) is 9.67. The Hall–Kier alpha value is -1.81. The highest BCUT2D eigenvalue weighted by molar-refractivity contribution is 6.29. The van der Waals surface area contributed by atoms with Crippen LogP contribution in [0.3, 0.4) is 0 Å². The standard InChI is InChI=1S/C15H15ClN2O2/c1-2-14-17-13(16)8-15(19)18(14)9-11-7-10-5-3-4-6-12(10)20-11/h3-6,8,11H,2,7,9H2,1H3. The second-order valence-corrected chi connectivity index (χ2v) is 5.24. The molecule has 0 fully saturated rings. The number of benzene rings is 1. The summed E-state index contributed by atoms with van der Waals surface area (Å²) in [5.74, 6) is 1.60. The number of hydrogen-bond donors (Lipinski definition) is 0. The Morgan fingerprint density at radius 2 is 2.25 bits per heavy atom. The lowest BCUT2D eigenvalue weighted by Gasteiger charge is -2.15. The van der Waals surface area contributed by atoms with Gasteiger partial charge in [-0.3, -0.25) is 9.36 Å².